The molecule has 86 valence electrons. The average molecular weight is 284 g/mol. The number of amides is 1. The lowest BCUT2D eigenvalue weighted by Gasteiger charge is -2.10. The average Bonchev–Trinajstić information content (AvgIpc) is 2.79. The minimum atomic E-state index is -0.00900. The largest absolute Gasteiger partial charge is 0.351 e. The van der Waals surface area contributed by atoms with Crippen molar-refractivity contribution in [1.82, 2.24) is 15.6 Å². The Kier molecular flexibility index (Phi) is 3.90. The molecule has 5 heteroatoms. The highest BCUT2D eigenvalue weighted by atomic mass is 79.9. The van der Waals surface area contributed by atoms with E-state index in [9.17, 15) is 4.79 Å². The quantitative estimate of drug-likeness (QED) is 0.820. The fraction of sp³-hybridized carbons (Fsp3) is 0.455. The van der Waals surface area contributed by atoms with E-state index in [1.165, 1.54) is 0 Å². The van der Waals surface area contributed by atoms with Gasteiger partial charge in [-0.15, -0.1) is 0 Å². The van der Waals surface area contributed by atoms with Gasteiger partial charge in [-0.05, 0) is 53.0 Å². The number of nitrogens with zero attached hydrogens (tertiary/aromatic N) is 1. The van der Waals surface area contributed by atoms with E-state index in [0.717, 1.165) is 29.6 Å². The molecule has 1 aromatic rings. The predicted octanol–water partition coefficient (Wildman–Crippen LogP) is 1.21. The van der Waals surface area contributed by atoms with Crippen LogP contribution < -0.4 is 10.6 Å². The Morgan fingerprint density at radius 1 is 1.69 bits per heavy atom. The maximum absolute atomic E-state index is 11.7. The molecule has 1 amide bonds. The van der Waals surface area contributed by atoms with Gasteiger partial charge in [0.25, 0.3) is 0 Å². The van der Waals surface area contributed by atoms with Crippen LogP contribution in [0, 0.1) is 0 Å². The van der Waals surface area contributed by atoms with E-state index in [2.05, 4.69) is 31.5 Å². The molecule has 0 bridgehead atoms. The van der Waals surface area contributed by atoms with E-state index in [4.69, 9.17) is 0 Å². The van der Waals surface area contributed by atoms with Crippen LogP contribution in [-0.4, -0.2) is 23.5 Å². The van der Waals surface area contributed by atoms with Gasteiger partial charge in [0.05, 0.1) is 6.04 Å². The summed E-state index contributed by atoms with van der Waals surface area (Å²) < 4.78 is 0.790. The van der Waals surface area contributed by atoms with Crippen LogP contribution in [0.25, 0.3) is 0 Å². The summed E-state index contributed by atoms with van der Waals surface area (Å²) in [6, 6.07) is 3.79. The minimum Gasteiger partial charge on any atom is -0.351 e. The summed E-state index contributed by atoms with van der Waals surface area (Å²) in [6.07, 6.45) is 3.74. The van der Waals surface area contributed by atoms with Gasteiger partial charge in [-0.3, -0.25) is 4.79 Å². The molecule has 0 radical (unpaired) electrons. The van der Waals surface area contributed by atoms with Crippen molar-refractivity contribution in [1.29, 1.82) is 0 Å². The van der Waals surface area contributed by atoms with Gasteiger partial charge in [-0.1, -0.05) is 0 Å². The van der Waals surface area contributed by atoms with Crippen molar-refractivity contribution < 1.29 is 4.79 Å². The number of hydrogen-bond acceptors (Lipinski definition) is 3. The van der Waals surface area contributed by atoms with E-state index in [-0.39, 0.29) is 11.9 Å². The van der Waals surface area contributed by atoms with Crippen molar-refractivity contribution in [3.05, 3.63) is 28.5 Å². The van der Waals surface area contributed by atoms with Gasteiger partial charge in [0.2, 0.25) is 5.91 Å². The van der Waals surface area contributed by atoms with Crippen molar-refractivity contribution >= 4 is 21.8 Å². The van der Waals surface area contributed by atoms with Crippen LogP contribution in [0.1, 0.15) is 18.4 Å². The molecule has 0 saturated carbocycles. The Hall–Kier alpha value is -0.940. The summed E-state index contributed by atoms with van der Waals surface area (Å²) >= 11 is 3.30. The van der Waals surface area contributed by atoms with E-state index in [1.807, 2.05) is 12.1 Å². The Morgan fingerprint density at radius 2 is 2.56 bits per heavy atom. The zero-order valence-electron chi connectivity index (χ0n) is 8.87. The molecular weight excluding hydrogens is 270 g/mol. The molecule has 0 spiro atoms. The first-order valence-electron chi connectivity index (χ1n) is 5.37. The highest BCUT2D eigenvalue weighted by Gasteiger charge is 2.21. The molecular formula is C11H14BrN3O. The van der Waals surface area contributed by atoms with Gasteiger partial charge in [0.1, 0.15) is 4.60 Å². The first kappa shape index (κ1) is 11.5. The molecule has 4 nitrogen and oxygen atoms in total. The van der Waals surface area contributed by atoms with Gasteiger partial charge < -0.3 is 10.6 Å². The Labute approximate surface area is 103 Å². The van der Waals surface area contributed by atoms with Crippen molar-refractivity contribution in [2.75, 3.05) is 6.54 Å². The van der Waals surface area contributed by atoms with E-state index >= 15 is 0 Å². The normalized spacial score (nSPS) is 19.7. The highest BCUT2D eigenvalue weighted by Crippen LogP contribution is 2.08. The molecule has 0 aliphatic carbocycles. The third kappa shape index (κ3) is 3.02. The van der Waals surface area contributed by atoms with Crippen LogP contribution >= 0.6 is 15.9 Å². The lowest BCUT2D eigenvalue weighted by Crippen LogP contribution is -2.39. The van der Waals surface area contributed by atoms with Crippen LogP contribution in [0.4, 0.5) is 0 Å². The van der Waals surface area contributed by atoms with Gasteiger partial charge in [-0.25, -0.2) is 4.98 Å². The zero-order chi connectivity index (χ0) is 11.4. The van der Waals surface area contributed by atoms with Gasteiger partial charge in [0, 0.05) is 12.7 Å². The number of carbonyl (C=O) groups excluding carboxylic acids is 1. The van der Waals surface area contributed by atoms with Crippen molar-refractivity contribution in [2.24, 2.45) is 0 Å². The summed E-state index contributed by atoms with van der Waals surface area (Å²) in [6.45, 7) is 1.50. The maximum atomic E-state index is 11.7. The first-order valence-corrected chi connectivity index (χ1v) is 6.16. The standard InChI is InChI=1S/C11H14BrN3O/c12-10-6-8(3-5-14-10)7-15-11(16)9-2-1-4-13-9/h3,5-6,9,13H,1-2,4,7H2,(H,15,16). The van der Waals surface area contributed by atoms with Crippen LogP contribution in [0.2, 0.25) is 0 Å². The third-order valence-electron chi connectivity index (χ3n) is 2.63. The number of rotatable bonds is 3. The highest BCUT2D eigenvalue weighted by molar-refractivity contribution is 9.10. The van der Waals surface area contributed by atoms with Gasteiger partial charge in [-0.2, -0.15) is 0 Å². The molecule has 1 aliphatic heterocycles. The van der Waals surface area contributed by atoms with E-state index in [1.54, 1.807) is 6.20 Å². The van der Waals surface area contributed by atoms with Crippen molar-refractivity contribution in [3.8, 4) is 0 Å². The molecule has 0 aromatic carbocycles. The second kappa shape index (κ2) is 5.41. The lowest BCUT2D eigenvalue weighted by molar-refractivity contribution is -0.122. The molecule has 2 N–H and O–H groups in total. The number of halogens is 1. The van der Waals surface area contributed by atoms with Crippen molar-refractivity contribution in [2.45, 2.75) is 25.4 Å². The van der Waals surface area contributed by atoms with Crippen LogP contribution in [0.5, 0.6) is 0 Å². The Balaban J connectivity index is 1.84. The zero-order valence-corrected chi connectivity index (χ0v) is 10.5. The number of pyridine rings is 1. The summed E-state index contributed by atoms with van der Waals surface area (Å²) in [5.41, 5.74) is 1.05. The lowest BCUT2D eigenvalue weighted by atomic mass is 10.2. The molecule has 1 aliphatic rings. The summed E-state index contributed by atoms with van der Waals surface area (Å²) in [5, 5.41) is 6.09. The molecule has 1 saturated heterocycles. The van der Waals surface area contributed by atoms with E-state index in [0.29, 0.717) is 6.54 Å². The van der Waals surface area contributed by atoms with Crippen LogP contribution in [0.3, 0.4) is 0 Å². The Bertz CT molecular complexity index is 377. The van der Waals surface area contributed by atoms with Crippen LogP contribution in [0.15, 0.2) is 22.9 Å². The number of nitrogens with one attached hydrogen (secondary N) is 2. The van der Waals surface area contributed by atoms with Crippen molar-refractivity contribution in [3.63, 3.8) is 0 Å². The maximum Gasteiger partial charge on any atom is 0.237 e. The van der Waals surface area contributed by atoms with Gasteiger partial charge >= 0.3 is 0 Å². The summed E-state index contributed by atoms with van der Waals surface area (Å²) in [7, 11) is 0. The number of aromatic nitrogens is 1. The molecule has 2 heterocycles. The third-order valence-corrected chi connectivity index (χ3v) is 3.07. The summed E-state index contributed by atoms with van der Waals surface area (Å²) in [5.74, 6) is 0.0884. The monoisotopic (exact) mass is 283 g/mol. The topological polar surface area (TPSA) is 54.0 Å². The SMILES string of the molecule is O=C(NCc1ccnc(Br)c1)C1CCCN1. The van der Waals surface area contributed by atoms with E-state index < -0.39 is 0 Å². The minimum absolute atomic E-state index is 0.00900. The number of carbonyl (C=O) groups is 1. The second-order valence-corrected chi connectivity index (χ2v) is 4.67. The van der Waals surface area contributed by atoms with Gasteiger partial charge in [0.15, 0.2) is 0 Å². The molecule has 16 heavy (non-hydrogen) atoms. The smallest absolute Gasteiger partial charge is 0.237 e. The van der Waals surface area contributed by atoms with Crippen LogP contribution in [-0.2, 0) is 11.3 Å². The fourth-order valence-corrected chi connectivity index (χ4v) is 2.19. The molecule has 2 rings (SSSR count). The molecule has 1 fully saturated rings. The first-order chi connectivity index (χ1) is 7.75. The molecule has 1 aromatic heterocycles. The Morgan fingerprint density at radius 3 is 3.25 bits per heavy atom. The number of hydrogen-bond donors (Lipinski definition) is 2. The molecule has 1 unspecified atom stereocenters. The predicted molar refractivity (Wildman–Crippen MR) is 64.8 cm³/mol. The second-order valence-electron chi connectivity index (χ2n) is 3.85. The molecule has 1 atom stereocenters. The fourth-order valence-electron chi connectivity index (χ4n) is 1.77. The summed E-state index contributed by atoms with van der Waals surface area (Å²) in [4.78, 5) is 15.7.